The Kier molecular flexibility index (Phi) is 5.40. The molecule has 4 rings (SSSR count). The van der Waals surface area contributed by atoms with Gasteiger partial charge in [-0.2, -0.15) is 0 Å². The normalized spacial score (nSPS) is 16.2. The maximum Gasteiger partial charge on any atom is 0.228 e. The molecule has 3 aromatic rings. The number of carbonyl (C=O) groups is 2. The van der Waals surface area contributed by atoms with E-state index in [4.69, 9.17) is 4.74 Å². The molecule has 3 aromatic carbocycles. The molecule has 1 fully saturated rings. The highest BCUT2D eigenvalue weighted by atomic mass is 19.1. The van der Waals surface area contributed by atoms with Crippen molar-refractivity contribution in [2.75, 3.05) is 25.6 Å². The molecular formula is C24H23FN2O3. The maximum atomic E-state index is 13.9. The molecule has 5 nitrogen and oxygen atoms in total. The fourth-order valence-corrected chi connectivity index (χ4v) is 4.02. The Morgan fingerprint density at radius 1 is 1.17 bits per heavy atom. The number of hydrogen-bond acceptors (Lipinski definition) is 3. The van der Waals surface area contributed by atoms with Crippen molar-refractivity contribution in [2.45, 2.75) is 13.0 Å². The smallest absolute Gasteiger partial charge is 0.228 e. The predicted molar refractivity (Wildman–Crippen MR) is 114 cm³/mol. The lowest BCUT2D eigenvalue weighted by Gasteiger charge is -2.22. The summed E-state index contributed by atoms with van der Waals surface area (Å²) in [5, 5.41) is 2.04. The van der Waals surface area contributed by atoms with Gasteiger partial charge in [0.15, 0.2) is 11.6 Å². The second-order valence-corrected chi connectivity index (χ2v) is 7.57. The van der Waals surface area contributed by atoms with Crippen LogP contribution in [-0.4, -0.2) is 37.4 Å². The summed E-state index contributed by atoms with van der Waals surface area (Å²) in [5.41, 5.74) is 1.49. The maximum absolute atomic E-state index is 13.9. The lowest BCUT2D eigenvalue weighted by Crippen LogP contribution is -2.34. The van der Waals surface area contributed by atoms with Crippen LogP contribution in [0.3, 0.4) is 0 Å². The number of rotatable bonds is 5. The molecule has 1 saturated heterocycles. The highest BCUT2D eigenvalue weighted by Crippen LogP contribution is 2.32. The average Bonchev–Trinajstić information content (AvgIpc) is 3.14. The van der Waals surface area contributed by atoms with Gasteiger partial charge >= 0.3 is 0 Å². The monoisotopic (exact) mass is 406 g/mol. The molecule has 0 spiro atoms. The summed E-state index contributed by atoms with van der Waals surface area (Å²) in [5.74, 6) is -0.908. The van der Waals surface area contributed by atoms with Crippen LogP contribution in [0.15, 0.2) is 60.7 Å². The van der Waals surface area contributed by atoms with Crippen LogP contribution in [0.4, 0.5) is 10.1 Å². The van der Waals surface area contributed by atoms with Gasteiger partial charge in [0.1, 0.15) is 0 Å². The van der Waals surface area contributed by atoms with Crippen LogP contribution in [0, 0.1) is 11.7 Å². The third kappa shape index (κ3) is 3.73. The fraction of sp³-hybridized carbons (Fsp3) is 0.250. The number of fused-ring (bicyclic) bond motifs is 1. The Morgan fingerprint density at radius 2 is 1.93 bits per heavy atom. The van der Waals surface area contributed by atoms with Gasteiger partial charge in [-0.15, -0.1) is 0 Å². The van der Waals surface area contributed by atoms with Gasteiger partial charge in [0.05, 0.1) is 18.7 Å². The molecule has 0 saturated carbocycles. The van der Waals surface area contributed by atoms with Crippen LogP contribution in [0.5, 0.6) is 5.75 Å². The number of anilines is 1. The molecular weight excluding hydrogens is 383 g/mol. The largest absolute Gasteiger partial charge is 0.494 e. The molecule has 1 atom stereocenters. The minimum Gasteiger partial charge on any atom is -0.494 e. The zero-order chi connectivity index (χ0) is 21.3. The van der Waals surface area contributed by atoms with Crippen molar-refractivity contribution in [3.05, 3.63) is 72.0 Å². The number of methoxy groups -OCH3 is 1. The topological polar surface area (TPSA) is 49.9 Å². The van der Waals surface area contributed by atoms with Crippen molar-refractivity contribution in [3.8, 4) is 5.75 Å². The van der Waals surface area contributed by atoms with Crippen molar-refractivity contribution in [3.63, 3.8) is 0 Å². The SMILES string of the molecule is COc1ccc(CN(C)C(=O)C2CC(=O)N(c3cccc4ccccc34)C2)cc1F. The van der Waals surface area contributed by atoms with E-state index >= 15 is 0 Å². The van der Waals surface area contributed by atoms with E-state index in [1.54, 1.807) is 29.0 Å². The molecule has 0 N–H and O–H groups in total. The number of hydrogen-bond donors (Lipinski definition) is 0. The first-order chi connectivity index (χ1) is 14.5. The summed E-state index contributed by atoms with van der Waals surface area (Å²) in [7, 11) is 3.09. The van der Waals surface area contributed by atoms with E-state index in [2.05, 4.69) is 0 Å². The van der Waals surface area contributed by atoms with Crippen molar-refractivity contribution < 1.29 is 18.7 Å². The standard InChI is InChI=1S/C24H23FN2O3/c1-26(14-16-10-11-22(30-2)20(25)12-16)24(29)18-13-23(28)27(15-18)21-9-5-7-17-6-3-4-8-19(17)21/h3-12,18H,13-15H2,1-2H3. The molecule has 6 heteroatoms. The molecule has 0 aliphatic carbocycles. The number of carbonyl (C=O) groups excluding carboxylic acids is 2. The summed E-state index contributed by atoms with van der Waals surface area (Å²) in [6.07, 6.45) is 0.170. The molecule has 154 valence electrons. The Balaban J connectivity index is 1.49. The van der Waals surface area contributed by atoms with Crippen molar-refractivity contribution in [2.24, 2.45) is 5.92 Å². The van der Waals surface area contributed by atoms with E-state index in [9.17, 15) is 14.0 Å². The third-order valence-electron chi connectivity index (χ3n) is 5.54. The highest BCUT2D eigenvalue weighted by molar-refractivity contribution is 6.06. The van der Waals surface area contributed by atoms with Crippen molar-refractivity contribution >= 4 is 28.3 Å². The van der Waals surface area contributed by atoms with Gasteiger partial charge in [0, 0.05) is 31.9 Å². The van der Waals surface area contributed by atoms with Crippen LogP contribution < -0.4 is 9.64 Å². The van der Waals surface area contributed by atoms with Crippen molar-refractivity contribution in [1.29, 1.82) is 0 Å². The van der Waals surface area contributed by atoms with Crippen LogP contribution in [-0.2, 0) is 16.1 Å². The van der Waals surface area contributed by atoms with Crippen molar-refractivity contribution in [1.82, 2.24) is 4.90 Å². The van der Waals surface area contributed by atoms with Gasteiger partial charge in [-0.3, -0.25) is 9.59 Å². The fourth-order valence-electron chi connectivity index (χ4n) is 4.02. The number of nitrogens with zero attached hydrogens (tertiary/aromatic N) is 2. The van der Waals surface area contributed by atoms with E-state index in [0.29, 0.717) is 12.1 Å². The second kappa shape index (κ2) is 8.14. The molecule has 1 heterocycles. The van der Waals surface area contributed by atoms with E-state index < -0.39 is 11.7 Å². The number of ether oxygens (including phenoxy) is 1. The van der Waals surface area contributed by atoms with Crippen LogP contribution in [0.2, 0.25) is 0 Å². The molecule has 30 heavy (non-hydrogen) atoms. The minimum absolute atomic E-state index is 0.0615. The molecule has 1 unspecified atom stereocenters. The van der Waals surface area contributed by atoms with Gasteiger partial charge in [-0.1, -0.05) is 42.5 Å². The summed E-state index contributed by atoms with van der Waals surface area (Å²) in [6.45, 7) is 0.603. The number of benzene rings is 3. The lowest BCUT2D eigenvalue weighted by molar-refractivity contribution is -0.135. The van der Waals surface area contributed by atoms with E-state index in [1.807, 2.05) is 42.5 Å². The average molecular weight is 406 g/mol. The zero-order valence-electron chi connectivity index (χ0n) is 17.0. The molecule has 1 aliphatic heterocycles. The minimum atomic E-state index is -0.464. The summed E-state index contributed by atoms with van der Waals surface area (Å²) < 4.78 is 18.9. The van der Waals surface area contributed by atoms with Crippen LogP contribution in [0.25, 0.3) is 10.8 Å². The lowest BCUT2D eigenvalue weighted by atomic mass is 10.1. The van der Waals surface area contributed by atoms with Gasteiger partial charge in [0.2, 0.25) is 11.8 Å². The molecule has 2 amide bonds. The first kappa shape index (κ1) is 19.9. The highest BCUT2D eigenvalue weighted by Gasteiger charge is 2.37. The Labute approximate surface area is 174 Å². The third-order valence-corrected chi connectivity index (χ3v) is 5.54. The number of amides is 2. The Hall–Kier alpha value is -3.41. The summed E-state index contributed by atoms with van der Waals surface area (Å²) >= 11 is 0. The zero-order valence-corrected chi connectivity index (χ0v) is 17.0. The first-order valence-corrected chi connectivity index (χ1v) is 9.83. The quantitative estimate of drug-likeness (QED) is 0.644. The molecule has 1 aliphatic rings. The molecule has 0 radical (unpaired) electrons. The van der Waals surface area contributed by atoms with E-state index in [1.165, 1.54) is 13.2 Å². The van der Waals surface area contributed by atoms with Gasteiger partial charge < -0.3 is 14.5 Å². The van der Waals surface area contributed by atoms with Gasteiger partial charge in [0.25, 0.3) is 0 Å². The van der Waals surface area contributed by atoms with Gasteiger partial charge in [-0.05, 0) is 29.1 Å². The number of halogens is 1. The van der Waals surface area contributed by atoms with Crippen LogP contribution in [0.1, 0.15) is 12.0 Å². The van der Waals surface area contributed by atoms with Crippen LogP contribution >= 0.6 is 0 Å². The van der Waals surface area contributed by atoms with Gasteiger partial charge in [-0.25, -0.2) is 4.39 Å². The Morgan fingerprint density at radius 3 is 2.70 bits per heavy atom. The van der Waals surface area contributed by atoms with E-state index in [-0.39, 0.29) is 30.5 Å². The summed E-state index contributed by atoms with van der Waals surface area (Å²) in [4.78, 5) is 28.9. The predicted octanol–water partition coefficient (Wildman–Crippen LogP) is 4.00. The first-order valence-electron chi connectivity index (χ1n) is 9.83. The second-order valence-electron chi connectivity index (χ2n) is 7.57. The van der Waals surface area contributed by atoms with E-state index in [0.717, 1.165) is 16.5 Å². The molecule has 0 aromatic heterocycles. The Bertz CT molecular complexity index is 1110. The molecule has 0 bridgehead atoms. The summed E-state index contributed by atoms with van der Waals surface area (Å²) in [6, 6.07) is 18.4.